The maximum absolute atomic E-state index is 4.36. The van der Waals surface area contributed by atoms with E-state index in [-0.39, 0.29) is 0 Å². The second-order valence-corrected chi connectivity index (χ2v) is 6.05. The van der Waals surface area contributed by atoms with Crippen molar-refractivity contribution in [3.63, 3.8) is 0 Å². The van der Waals surface area contributed by atoms with Crippen molar-refractivity contribution in [2.45, 2.75) is 13.8 Å². The number of nitrogens with zero attached hydrogens (tertiary/aromatic N) is 6. The van der Waals surface area contributed by atoms with Crippen LogP contribution in [0.4, 0.5) is 0 Å². The van der Waals surface area contributed by atoms with Crippen LogP contribution in [0.3, 0.4) is 0 Å². The molecule has 6 heteroatoms. The summed E-state index contributed by atoms with van der Waals surface area (Å²) in [5, 5.41) is 17.0. The van der Waals surface area contributed by atoms with Crippen LogP contribution in [-0.4, -0.2) is 30.4 Å². The number of aryl methyl sites for hydroxylation is 2. The monoisotopic (exact) mass is 340 g/mol. The van der Waals surface area contributed by atoms with Gasteiger partial charge in [0.15, 0.2) is 0 Å². The molecule has 0 amide bonds. The fourth-order valence-corrected chi connectivity index (χ4v) is 2.45. The van der Waals surface area contributed by atoms with Gasteiger partial charge in [-0.3, -0.25) is 9.97 Å². The largest absolute Gasteiger partial charge is 0.254 e. The quantitative estimate of drug-likeness (QED) is 0.566. The van der Waals surface area contributed by atoms with Crippen molar-refractivity contribution < 1.29 is 0 Å². The van der Waals surface area contributed by atoms with E-state index in [1.165, 1.54) is 0 Å². The van der Waals surface area contributed by atoms with Crippen LogP contribution in [0.15, 0.2) is 60.9 Å². The minimum atomic E-state index is 0.664. The predicted octanol–water partition coefficient (Wildman–Crippen LogP) is 3.67. The van der Waals surface area contributed by atoms with Crippen molar-refractivity contribution in [3.05, 3.63) is 72.1 Å². The molecule has 4 heterocycles. The standard InChI is InChI=1S/C20H16N6/c1-13-3-5-15(21-11-13)17-7-9-19(25-23-17)20-10-8-18(24-26-20)16-6-4-14(2)12-22-16/h3-12H,1-2H3. The Morgan fingerprint density at radius 1 is 0.423 bits per heavy atom. The van der Waals surface area contributed by atoms with Crippen LogP contribution in [0.2, 0.25) is 0 Å². The highest BCUT2D eigenvalue weighted by molar-refractivity contribution is 5.61. The Kier molecular flexibility index (Phi) is 4.15. The molecule has 0 aromatic carbocycles. The Balaban J connectivity index is 1.57. The Morgan fingerprint density at radius 3 is 1.00 bits per heavy atom. The second kappa shape index (κ2) is 6.76. The predicted molar refractivity (Wildman–Crippen MR) is 99.0 cm³/mol. The van der Waals surface area contributed by atoms with E-state index in [4.69, 9.17) is 0 Å². The molecule has 0 aliphatic heterocycles. The molecule has 4 rings (SSSR count). The lowest BCUT2D eigenvalue weighted by molar-refractivity contribution is 0.988. The van der Waals surface area contributed by atoms with E-state index in [9.17, 15) is 0 Å². The first-order chi connectivity index (χ1) is 12.7. The first-order valence-electron chi connectivity index (χ1n) is 8.23. The summed E-state index contributed by atoms with van der Waals surface area (Å²) in [4.78, 5) is 8.73. The van der Waals surface area contributed by atoms with Crippen LogP contribution in [0.1, 0.15) is 11.1 Å². The fraction of sp³-hybridized carbons (Fsp3) is 0.100. The third kappa shape index (κ3) is 3.30. The summed E-state index contributed by atoms with van der Waals surface area (Å²) in [6.07, 6.45) is 3.63. The zero-order chi connectivity index (χ0) is 17.9. The molecular weight excluding hydrogens is 324 g/mol. The first-order valence-corrected chi connectivity index (χ1v) is 8.23. The van der Waals surface area contributed by atoms with Gasteiger partial charge >= 0.3 is 0 Å². The molecule has 0 unspecified atom stereocenters. The van der Waals surface area contributed by atoms with E-state index in [1.54, 1.807) is 0 Å². The molecule has 0 radical (unpaired) electrons. The van der Waals surface area contributed by atoms with Crippen LogP contribution in [0, 0.1) is 13.8 Å². The number of hydrogen-bond donors (Lipinski definition) is 0. The maximum atomic E-state index is 4.36. The Hall–Kier alpha value is -3.54. The minimum Gasteiger partial charge on any atom is -0.254 e. The smallest absolute Gasteiger partial charge is 0.113 e. The van der Waals surface area contributed by atoms with E-state index in [1.807, 2.05) is 74.8 Å². The van der Waals surface area contributed by atoms with Gasteiger partial charge in [-0.05, 0) is 61.4 Å². The zero-order valence-electron chi connectivity index (χ0n) is 14.5. The molecule has 0 spiro atoms. The molecule has 26 heavy (non-hydrogen) atoms. The maximum Gasteiger partial charge on any atom is 0.113 e. The molecule has 0 aliphatic rings. The van der Waals surface area contributed by atoms with E-state index in [2.05, 4.69) is 30.4 Å². The van der Waals surface area contributed by atoms with Crippen molar-refractivity contribution in [3.8, 4) is 34.2 Å². The molecule has 0 saturated heterocycles. The van der Waals surface area contributed by atoms with Crippen molar-refractivity contribution in [1.29, 1.82) is 0 Å². The summed E-state index contributed by atoms with van der Waals surface area (Å²) < 4.78 is 0. The molecule has 0 atom stereocenters. The van der Waals surface area contributed by atoms with Gasteiger partial charge in [-0.1, -0.05) is 12.1 Å². The van der Waals surface area contributed by atoms with Gasteiger partial charge in [-0.2, -0.15) is 0 Å². The number of aromatic nitrogens is 6. The Labute approximate surface area is 151 Å². The van der Waals surface area contributed by atoms with Crippen LogP contribution < -0.4 is 0 Å². The number of hydrogen-bond acceptors (Lipinski definition) is 6. The van der Waals surface area contributed by atoms with Crippen LogP contribution >= 0.6 is 0 Å². The van der Waals surface area contributed by atoms with E-state index < -0.39 is 0 Å². The van der Waals surface area contributed by atoms with Crippen LogP contribution in [-0.2, 0) is 0 Å². The lowest BCUT2D eigenvalue weighted by Gasteiger charge is -2.03. The van der Waals surface area contributed by atoms with Crippen LogP contribution in [0.25, 0.3) is 34.2 Å². The lowest BCUT2D eigenvalue weighted by Crippen LogP contribution is -1.96. The normalized spacial score (nSPS) is 10.7. The van der Waals surface area contributed by atoms with Gasteiger partial charge in [-0.25, -0.2) is 0 Å². The SMILES string of the molecule is Cc1ccc(-c2ccc(-c3ccc(-c4ccc(C)cn4)nn3)nn2)nc1. The van der Waals surface area contributed by atoms with Crippen molar-refractivity contribution in [2.75, 3.05) is 0 Å². The molecule has 4 aromatic heterocycles. The molecule has 126 valence electrons. The van der Waals surface area contributed by atoms with Gasteiger partial charge in [-0.15, -0.1) is 20.4 Å². The van der Waals surface area contributed by atoms with Crippen molar-refractivity contribution >= 4 is 0 Å². The van der Waals surface area contributed by atoms with Gasteiger partial charge < -0.3 is 0 Å². The molecular formula is C20H16N6. The van der Waals surface area contributed by atoms with E-state index in [0.29, 0.717) is 11.4 Å². The summed E-state index contributed by atoms with van der Waals surface area (Å²) in [5.41, 5.74) is 6.58. The fourth-order valence-electron chi connectivity index (χ4n) is 2.45. The topological polar surface area (TPSA) is 77.3 Å². The Morgan fingerprint density at radius 2 is 0.731 bits per heavy atom. The molecule has 0 bridgehead atoms. The van der Waals surface area contributed by atoms with Gasteiger partial charge in [0.2, 0.25) is 0 Å². The summed E-state index contributed by atoms with van der Waals surface area (Å²) in [5.74, 6) is 0. The molecule has 0 fully saturated rings. The highest BCUT2D eigenvalue weighted by Crippen LogP contribution is 2.20. The highest BCUT2D eigenvalue weighted by Gasteiger charge is 2.07. The molecule has 0 N–H and O–H groups in total. The number of rotatable bonds is 3. The van der Waals surface area contributed by atoms with E-state index >= 15 is 0 Å². The lowest BCUT2D eigenvalue weighted by atomic mass is 10.2. The van der Waals surface area contributed by atoms with Crippen molar-refractivity contribution in [1.82, 2.24) is 30.4 Å². The van der Waals surface area contributed by atoms with E-state index in [0.717, 1.165) is 33.9 Å². The molecule has 0 saturated carbocycles. The average molecular weight is 340 g/mol. The number of pyridine rings is 2. The third-order valence-corrected chi connectivity index (χ3v) is 3.94. The zero-order valence-corrected chi connectivity index (χ0v) is 14.5. The summed E-state index contributed by atoms with van der Waals surface area (Å²) in [6, 6.07) is 15.4. The van der Waals surface area contributed by atoms with Crippen LogP contribution in [0.5, 0.6) is 0 Å². The minimum absolute atomic E-state index is 0.664. The summed E-state index contributed by atoms with van der Waals surface area (Å²) in [7, 11) is 0. The molecule has 0 aliphatic carbocycles. The molecule has 6 nitrogen and oxygen atoms in total. The summed E-state index contributed by atoms with van der Waals surface area (Å²) >= 11 is 0. The van der Waals surface area contributed by atoms with Gasteiger partial charge in [0.25, 0.3) is 0 Å². The van der Waals surface area contributed by atoms with Gasteiger partial charge in [0.1, 0.15) is 22.8 Å². The third-order valence-electron chi connectivity index (χ3n) is 3.94. The molecule has 4 aromatic rings. The van der Waals surface area contributed by atoms with Crippen molar-refractivity contribution in [2.24, 2.45) is 0 Å². The van der Waals surface area contributed by atoms with Gasteiger partial charge in [0, 0.05) is 12.4 Å². The Bertz CT molecular complexity index is 921. The summed E-state index contributed by atoms with van der Waals surface area (Å²) in [6.45, 7) is 4.00. The first kappa shape index (κ1) is 16.0. The second-order valence-electron chi connectivity index (χ2n) is 6.05. The average Bonchev–Trinajstić information content (AvgIpc) is 2.70. The van der Waals surface area contributed by atoms with Gasteiger partial charge in [0.05, 0.1) is 11.4 Å². The highest BCUT2D eigenvalue weighted by atomic mass is 15.2.